The van der Waals surface area contributed by atoms with Crippen LogP contribution in [-0.4, -0.2) is 92.4 Å². The van der Waals surface area contributed by atoms with Crippen molar-refractivity contribution in [1.29, 1.82) is 0 Å². The first kappa shape index (κ1) is 28.8. The van der Waals surface area contributed by atoms with Gasteiger partial charge in [-0.25, -0.2) is 0 Å². The van der Waals surface area contributed by atoms with Crippen LogP contribution in [0.15, 0.2) is 25.3 Å². The van der Waals surface area contributed by atoms with E-state index in [0.29, 0.717) is 39.1 Å². The van der Waals surface area contributed by atoms with Crippen LogP contribution in [0.3, 0.4) is 0 Å². The van der Waals surface area contributed by atoms with Crippen molar-refractivity contribution >= 4 is 29.5 Å². The second-order valence-corrected chi connectivity index (χ2v) is 12.6. The van der Waals surface area contributed by atoms with Crippen molar-refractivity contribution in [3.63, 3.8) is 0 Å². The number of likely N-dealkylation sites (tertiary alicyclic amines) is 1. The number of fused-ring (bicyclic) bond motifs is 1. The van der Waals surface area contributed by atoms with E-state index in [2.05, 4.69) is 27.0 Å². The van der Waals surface area contributed by atoms with Crippen LogP contribution in [0.1, 0.15) is 65.7 Å². The number of rotatable bonds is 15. The second kappa shape index (κ2) is 12.2. The third kappa shape index (κ3) is 5.00. The Bertz CT molecular complexity index is 851. The summed E-state index contributed by atoms with van der Waals surface area (Å²) in [7, 11) is 0. The predicted octanol–water partition coefficient (Wildman–Crippen LogP) is 3.48. The number of nitrogens with zero attached hydrogens (tertiary/aromatic N) is 3. The van der Waals surface area contributed by atoms with Crippen LogP contribution in [-0.2, 0) is 14.4 Å². The summed E-state index contributed by atoms with van der Waals surface area (Å²) in [4.78, 5) is 47.6. The smallest absolute Gasteiger partial charge is 0.247 e. The molecule has 3 fully saturated rings. The summed E-state index contributed by atoms with van der Waals surface area (Å²) in [5.74, 6) is -1.11. The van der Waals surface area contributed by atoms with Crippen molar-refractivity contribution in [2.24, 2.45) is 11.8 Å². The average Bonchev–Trinajstić information content (AvgIpc) is 3.42. The van der Waals surface area contributed by atoms with Gasteiger partial charge in [0.25, 0.3) is 0 Å². The molecule has 5 atom stereocenters. The number of hydrogen-bond donors (Lipinski definition) is 1. The molecular formula is C28H45N3O4S. The summed E-state index contributed by atoms with van der Waals surface area (Å²) in [6.07, 6.45) is 9.28. The molecule has 202 valence electrons. The maximum Gasteiger partial charge on any atom is 0.247 e. The van der Waals surface area contributed by atoms with Gasteiger partial charge in [0, 0.05) is 44.1 Å². The molecule has 3 rings (SSSR count). The molecule has 0 radical (unpaired) electrons. The van der Waals surface area contributed by atoms with Gasteiger partial charge in [0.1, 0.15) is 6.04 Å². The molecule has 1 N–H and O–H groups in total. The fraction of sp³-hybridized carbons (Fsp3) is 0.750. The number of aliphatic hydroxyl groups is 1. The van der Waals surface area contributed by atoms with Crippen molar-refractivity contribution in [2.75, 3.05) is 39.3 Å². The predicted molar refractivity (Wildman–Crippen MR) is 146 cm³/mol. The molecule has 7 nitrogen and oxygen atoms in total. The van der Waals surface area contributed by atoms with Crippen LogP contribution < -0.4 is 0 Å². The highest BCUT2D eigenvalue weighted by Crippen LogP contribution is 2.71. The Balaban J connectivity index is 2.02. The molecule has 0 aromatic rings. The minimum absolute atomic E-state index is 0.00720. The fourth-order valence-corrected chi connectivity index (χ4v) is 8.99. The second-order valence-electron chi connectivity index (χ2n) is 10.7. The fourth-order valence-electron chi connectivity index (χ4n) is 6.65. The van der Waals surface area contributed by atoms with Gasteiger partial charge >= 0.3 is 0 Å². The highest BCUT2D eigenvalue weighted by Gasteiger charge is 2.77. The van der Waals surface area contributed by atoms with Gasteiger partial charge in [-0.2, -0.15) is 0 Å². The Hall–Kier alpha value is -1.80. The first-order valence-electron chi connectivity index (χ1n) is 13.7. The van der Waals surface area contributed by atoms with Crippen molar-refractivity contribution in [3.8, 4) is 0 Å². The lowest BCUT2D eigenvalue weighted by atomic mass is 9.66. The molecule has 2 bridgehead atoms. The summed E-state index contributed by atoms with van der Waals surface area (Å²) < 4.78 is -0.993. The molecule has 3 heterocycles. The number of carbonyl (C=O) groups is 3. The van der Waals surface area contributed by atoms with Gasteiger partial charge in [-0.3, -0.25) is 14.4 Å². The van der Waals surface area contributed by atoms with E-state index in [1.165, 1.54) is 0 Å². The molecule has 0 aromatic heterocycles. The van der Waals surface area contributed by atoms with E-state index in [-0.39, 0.29) is 29.1 Å². The van der Waals surface area contributed by atoms with Crippen LogP contribution in [0.5, 0.6) is 0 Å². The van der Waals surface area contributed by atoms with Crippen molar-refractivity contribution in [1.82, 2.24) is 14.7 Å². The SMILES string of the molecule is C=CCN(CCCCC)C(=O)C1N(CCCO)C(=O)[C@@H]2[C@@H](C(=O)N(CC=C)CCC)[C@@]3(C)CCC12S3. The summed E-state index contributed by atoms with van der Waals surface area (Å²) in [6, 6.07) is -0.619. The van der Waals surface area contributed by atoms with Gasteiger partial charge < -0.3 is 19.8 Å². The molecule has 1 spiro atoms. The number of carbonyl (C=O) groups excluding carboxylic acids is 3. The highest BCUT2D eigenvalue weighted by atomic mass is 32.2. The molecule has 3 saturated heterocycles. The van der Waals surface area contributed by atoms with Crippen molar-refractivity contribution in [3.05, 3.63) is 25.3 Å². The number of thioether (sulfide) groups is 1. The van der Waals surface area contributed by atoms with Crippen LogP contribution in [0.25, 0.3) is 0 Å². The normalized spacial score (nSPS) is 30.4. The lowest BCUT2D eigenvalue weighted by Crippen LogP contribution is -2.55. The molecule has 0 aliphatic carbocycles. The Morgan fingerprint density at radius 2 is 1.72 bits per heavy atom. The maximum atomic E-state index is 14.2. The Labute approximate surface area is 221 Å². The summed E-state index contributed by atoms with van der Waals surface area (Å²) >= 11 is 1.71. The standard InChI is InChI=1S/C28H45N3O4S/c1-6-10-11-18-30(17-9-4)26(35)23-28-14-13-27(5,36-28)21(24(33)29(15-7-2)16-8-3)22(28)25(34)31(23)19-12-20-32/h7,9,21-23,32H,2,4,6,8,10-20H2,1,3,5H3/t21-,22-,23?,27+,28?/m0/s1. The lowest BCUT2D eigenvalue weighted by Gasteiger charge is -2.38. The molecule has 3 amide bonds. The van der Waals surface area contributed by atoms with E-state index >= 15 is 0 Å². The number of hydrogen-bond acceptors (Lipinski definition) is 5. The first-order chi connectivity index (χ1) is 17.3. The van der Waals surface area contributed by atoms with Crippen molar-refractivity contribution < 1.29 is 19.5 Å². The van der Waals surface area contributed by atoms with Crippen LogP contribution >= 0.6 is 11.8 Å². The Morgan fingerprint density at radius 3 is 2.31 bits per heavy atom. The zero-order chi connectivity index (χ0) is 26.5. The average molecular weight is 520 g/mol. The molecular weight excluding hydrogens is 474 g/mol. The topological polar surface area (TPSA) is 81.2 Å². The minimum Gasteiger partial charge on any atom is -0.396 e. The van der Waals surface area contributed by atoms with Gasteiger partial charge in [0.2, 0.25) is 17.7 Å². The molecule has 8 heteroatoms. The largest absolute Gasteiger partial charge is 0.396 e. The third-order valence-electron chi connectivity index (χ3n) is 8.18. The van der Waals surface area contributed by atoms with Crippen molar-refractivity contribution in [2.45, 2.75) is 81.3 Å². The zero-order valence-electron chi connectivity index (χ0n) is 22.4. The first-order valence-corrected chi connectivity index (χ1v) is 14.5. The molecule has 3 aliphatic rings. The zero-order valence-corrected chi connectivity index (χ0v) is 23.2. The Morgan fingerprint density at radius 1 is 1.06 bits per heavy atom. The summed E-state index contributed by atoms with van der Waals surface area (Å²) in [6.45, 7) is 16.4. The van der Waals surface area contributed by atoms with E-state index in [9.17, 15) is 19.5 Å². The highest BCUT2D eigenvalue weighted by molar-refractivity contribution is 8.02. The third-order valence-corrected chi connectivity index (χ3v) is 10.2. The van der Waals surface area contributed by atoms with E-state index < -0.39 is 22.6 Å². The lowest BCUT2D eigenvalue weighted by molar-refractivity contribution is -0.145. The quantitative estimate of drug-likeness (QED) is 0.265. The van der Waals surface area contributed by atoms with Crippen LogP contribution in [0.4, 0.5) is 0 Å². The maximum absolute atomic E-state index is 14.2. The van der Waals surface area contributed by atoms with E-state index in [1.807, 2.05) is 16.7 Å². The van der Waals surface area contributed by atoms with Crippen LogP contribution in [0.2, 0.25) is 0 Å². The monoisotopic (exact) mass is 519 g/mol. The van der Waals surface area contributed by atoms with E-state index in [1.54, 1.807) is 28.8 Å². The van der Waals surface area contributed by atoms with Gasteiger partial charge in [0.05, 0.1) is 16.6 Å². The molecule has 0 aromatic carbocycles. The molecule has 2 unspecified atom stereocenters. The summed E-state index contributed by atoms with van der Waals surface area (Å²) in [5.41, 5.74) is 0. The van der Waals surface area contributed by atoms with Gasteiger partial charge in [-0.15, -0.1) is 24.9 Å². The summed E-state index contributed by atoms with van der Waals surface area (Å²) in [5, 5.41) is 9.56. The Kier molecular flexibility index (Phi) is 9.72. The van der Waals surface area contributed by atoms with Gasteiger partial charge in [0.15, 0.2) is 0 Å². The molecule has 3 aliphatic heterocycles. The minimum atomic E-state index is -0.619. The van der Waals surface area contributed by atoms with E-state index in [4.69, 9.17) is 0 Å². The van der Waals surface area contributed by atoms with Crippen LogP contribution in [0, 0.1) is 11.8 Å². The van der Waals surface area contributed by atoms with Gasteiger partial charge in [-0.05, 0) is 39.0 Å². The molecule has 0 saturated carbocycles. The number of unbranched alkanes of at least 4 members (excludes halogenated alkanes) is 2. The number of amides is 3. The van der Waals surface area contributed by atoms with Gasteiger partial charge in [-0.1, -0.05) is 38.8 Å². The van der Waals surface area contributed by atoms with E-state index in [0.717, 1.165) is 38.5 Å². The number of aliphatic hydroxyl groups excluding tert-OH is 1. The molecule has 36 heavy (non-hydrogen) atoms.